The van der Waals surface area contributed by atoms with E-state index in [4.69, 9.17) is 9.47 Å². The Balaban J connectivity index is 1.51. The van der Waals surface area contributed by atoms with Crippen LogP contribution in [0.2, 0.25) is 0 Å². The lowest BCUT2D eigenvalue weighted by Gasteiger charge is -2.26. The van der Waals surface area contributed by atoms with Crippen LogP contribution in [0.3, 0.4) is 0 Å². The van der Waals surface area contributed by atoms with Gasteiger partial charge in [-0.15, -0.1) is 0 Å². The summed E-state index contributed by atoms with van der Waals surface area (Å²) in [5.41, 5.74) is 4.79. The summed E-state index contributed by atoms with van der Waals surface area (Å²) in [5.74, 6) is 0.471. The predicted octanol–water partition coefficient (Wildman–Crippen LogP) is 3.22. The van der Waals surface area contributed by atoms with Gasteiger partial charge in [-0.3, -0.25) is 14.1 Å². The summed E-state index contributed by atoms with van der Waals surface area (Å²) in [4.78, 5) is 20.0. The fourth-order valence-corrected chi connectivity index (χ4v) is 3.75. The number of nitrogens with zero attached hydrogens (tertiary/aromatic N) is 3. The van der Waals surface area contributed by atoms with Gasteiger partial charge in [0.1, 0.15) is 23.7 Å². The maximum absolute atomic E-state index is 13.2. The van der Waals surface area contributed by atoms with Crippen LogP contribution >= 0.6 is 0 Å². The van der Waals surface area contributed by atoms with E-state index in [0.29, 0.717) is 29.4 Å². The zero-order valence-corrected chi connectivity index (χ0v) is 17.8. The molecule has 30 heavy (non-hydrogen) atoms. The molecule has 1 aliphatic rings. The van der Waals surface area contributed by atoms with Crippen LogP contribution in [0.4, 0.5) is 5.69 Å². The van der Waals surface area contributed by atoms with Crippen LogP contribution in [0.5, 0.6) is 5.75 Å². The molecule has 158 valence electrons. The number of morpholine rings is 1. The number of amides is 1. The molecule has 3 aromatic rings. The second-order valence-corrected chi connectivity index (χ2v) is 7.69. The SMILES string of the molecule is Cc1ccc(OCCN2CCOCC2)c(NC(=O)c2c(C)nc3c(C)cccn23)c1. The van der Waals surface area contributed by atoms with Crippen LogP contribution in [0.25, 0.3) is 5.65 Å². The number of ether oxygens (including phenoxy) is 2. The highest BCUT2D eigenvalue weighted by molar-refractivity contribution is 6.05. The number of aromatic nitrogens is 2. The number of rotatable bonds is 6. The topological polar surface area (TPSA) is 68.1 Å². The van der Waals surface area contributed by atoms with Gasteiger partial charge in [0.2, 0.25) is 0 Å². The van der Waals surface area contributed by atoms with Crippen molar-refractivity contribution in [3.63, 3.8) is 0 Å². The van der Waals surface area contributed by atoms with E-state index in [1.807, 2.05) is 61.7 Å². The van der Waals surface area contributed by atoms with Gasteiger partial charge in [0.15, 0.2) is 0 Å². The number of aryl methyl sites for hydroxylation is 3. The number of carbonyl (C=O) groups is 1. The van der Waals surface area contributed by atoms with Crippen molar-refractivity contribution >= 4 is 17.2 Å². The Hall–Kier alpha value is -2.90. The predicted molar refractivity (Wildman–Crippen MR) is 117 cm³/mol. The molecule has 1 N–H and O–H groups in total. The number of nitrogens with one attached hydrogen (secondary N) is 1. The summed E-state index contributed by atoms with van der Waals surface area (Å²) in [6.07, 6.45) is 1.87. The van der Waals surface area contributed by atoms with Crippen molar-refractivity contribution in [3.05, 3.63) is 59.0 Å². The molecule has 3 heterocycles. The zero-order chi connectivity index (χ0) is 21.1. The van der Waals surface area contributed by atoms with Crippen molar-refractivity contribution < 1.29 is 14.3 Å². The molecule has 0 bridgehead atoms. The summed E-state index contributed by atoms with van der Waals surface area (Å²) in [7, 11) is 0. The van der Waals surface area contributed by atoms with Crippen LogP contribution in [-0.2, 0) is 4.74 Å². The molecule has 0 atom stereocenters. The molecule has 0 unspecified atom stereocenters. The Kier molecular flexibility index (Phi) is 6.01. The standard InChI is InChI=1S/C23H28N4O3/c1-16-6-7-20(30-14-11-26-9-12-29-13-10-26)19(15-16)25-23(28)21-18(3)24-22-17(2)5-4-8-27(21)22/h4-8,15H,9-14H2,1-3H3,(H,25,28). The molecular formula is C23H28N4O3. The third-order valence-corrected chi connectivity index (χ3v) is 5.39. The first kappa shape index (κ1) is 20.4. The molecule has 1 aliphatic heterocycles. The van der Waals surface area contributed by atoms with Crippen molar-refractivity contribution in [2.24, 2.45) is 0 Å². The molecule has 0 saturated carbocycles. The van der Waals surface area contributed by atoms with E-state index in [-0.39, 0.29) is 5.91 Å². The van der Waals surface area contributed by atoms with Crippen LogP contribution < -0.4 is 10.1 Å². The molecule has 0 aliphatic carbocycles. The minimum atomic E-state index is -0.200. The van der Waals surface area contributed by atoms with Crippen molar-refractivity contribution in [3.8, 4) is 5.75 Å². The third-order valence-electron chi connectivity index (χ3n) is 5.39. The molecule has 7 heteroatoms. The molecule has 1 aromatic carbocycles. The van der Waals surface area contributed by atoms with Gasteiger partial charge in [-0.1, -0.05) is 12.1 Å². The van der Waals surface area contributed by atoms with E-state index in [2.05, 4.69) is 15.2 Å². The van der Waals surface area contributed by atoms with E-state index in [9.17, 15) is 4.79 Å². The summed E-state index contributed by atoms with van der Waals surface area (Å²) >= 11 is 0. The first-order valence-corrected chi connectivity index (χ1v) is 10.3. The molecule has 7 nitrogen and oxygen atoms in total. The van der Waals surface area contributed by atoms with Gasteiger partial charge >= 0.3 is 0 Å². The molecule has 0 radical (unpaired) electrons. The van der Waals surface area contributed by atoms with Crippen molar-refractivity contribution in [2.45, 2.75) is 20.8 Å². The smallest absolute Gasteiger partial charge is 0.274 e. The van der Waals surface area contributed by atoms with Gasteiger partial charge in [-0.2, -0.15) is 0 Å². The Morgan fingerprint density at radius 3 is 2.80 bits per heavy atom. The first-order chi connectivity index (χ1) is 14.5. The van der Waals surface area contributed by atoms with Crippen molar-refractivity contribution in [1.29, 1.82) is 0 Å². The third kappa shape index (κ3) is 4.32. The van der Waals surface area contributed by atoms with Gasteiger partial charge in [-0.05, 0) is 50.1 Å². The summed E-state index contributed by atoms with van der Waals surface area (Å²) < 4.78 is 13.3. The monoisotopic (exact) mass is 408 g/mol. The van der Waals surface area contributed by atoms with Crippen LogP contribution in [0, 0.1) is 20.8 Å². The van der Waals surface area contributed by atoms with E-state index in [0.717, 1.165) is 49.6 Å². The Labute approximate surface area is 176 Å². The second kappa shape index (κ2) is 8.85. The van der Waals surface area contributed by atoms with Gasteiger partial charge in [0, 0.05) is 25.8 Å². The maximum atomic E-state index is 13.2. The number of hydrogen-bond donors (Lipinski definition) is 1. The van der Waals surface area contributed by atoms with Gasteiger partial charge in [-0.25, -0.2) is 4.98 Å². The number of imidazole rings is 1. The minimum absolute atomic E-state index is 0.200. The van der Waals surface area contributed by atoms with Gasteiger partial charge in [0.05, 0.1) is 24.6 Å². The summed E-state index contributed by atoms with van der Waals surface area (Å²) in [5, 5.41) is 3.04. The number of fused-ring (bicyclic) bond motifs is 1. The highest BCUT2D eigenvalue weighted by atomic mass is 16.5. The van der Waals surface area contributed by atoms with Crippen LogP contribution in [-0.4, -0.2) is 59.6 Å². The fourth-order valence-electron chi connectivity index (χ4n) is 3.75. The quantitative estimate of drug-likeness (QED) is 0.678. The largest absolute Gasteiger partial charge is 0.490 e. The number of pyridine rings is 1. The van der Waals surface area contributed by atoms with E-state index in [1.54, 1.807) is 0 Å². The number of anilines is 1. The van der Waals surface area contributed by atoms with Gasteiger partial charge < -0.3 is 14.8 Å². The Morgan fingerprint density at radius 2 is 2.00 bits per heavy atom. The Morgan fingerprint density at radius 1 is 1.20 bits per heavy atom. The highest BCUT2D eigenvalue weighted by Gasteiger charge is 2.19. The number of carbonyl (C=O) groups excluding carboxylic acids is 1. The lowest BCUT2D eigenvalue weighted by Crippen LogP contribution is -2.38. The normalized spacial score (nSPS) is 14.8. The van der Waals surface area contributed by atoms with E-state index >= 15 is 0 Å². The molecule has 4 rings (SSSR count). The van der Waals surface area contributed by atoms with Crippen molar-refractivity contribution in [2.75, 3.05) is 44.8 Å². The summed E-state index contributed by atoms with van der Waals surface area (Å²) in [6.45, 7) is 10.6. The Bertz CT molecular complexity index is 1050. The van der Waals surface area contributed by atoms with E-state index < -0.39 is 0 Å². The molecule has 0 spiro atoms. The average molecular weight is 409 g/mol. The maximum Gasteiger partial charge on any atom is 0.274 e. The fraction of sp³-hybridized carbons (Fsp3) is 0.391. The second-order valence-electron chi connectivity index (χ2n) is 7.69. The number of benzene rings is 1. The van der Waals surface area contributed by atoms with Gasteiger partial charge in [0.25, 0.3) is 5.91 Å². The molecule has 1 fully saturated rings. The average Bonchev–Trinajstić information content (AvgIpc) is 3.08. The minimum Gasteiger partial charge on any atom is -0.490 e. The number of hydrogen-bond acceptors (Lipinski definition) is 5. The zero-order valence-electron chi connectivity index (χ0n) is 17.8. The van der Waals surface area contributed by atoms with Crippen LogP contribution in [0.15, 0.2) is 36.5 Å². The lowest BCUT2D eigenvalue weighted by atomic mass is 10.2. The molecule has 1 amide bonds. The van der Waals surface area contributed by atoms with Crippen molar-refractivity contribution in [1.82, 2.24) is 14.3 Å². The van der Waals surface area contributed by atoms with E-state index in [1.165, 1.54) is 0 Å². The summed E-state index contributed by atoms with van der Waals surface area (Å²) in [6, 6.07) is 9.75. The highest BCUT2D eigenvalue weighted by Crippen LogP contribution is 2.27. The molecule has 2 aromatic heterocycles. The van der Waals surface area contributed by atoms with Crippen LogP contribution in [0.1, 0.15) is 27.3 Å². The first-order valence-electron chi connectivity index (χ1n) is 10.3. The molecular weight excluding hydrogens is 380 g/mol. The lowest BCUT2D eigenvalue weighted by molar-refractivity contribution is 0.0323. The molecule has 1 saturated heterocycles.